The Bertz CT molecular complexity index is 435. The van der Waals surface area contributed by atoms with Crippen molar-refractivity contribution >= 4 is 0 Å². The van der Waals surface area contributed by atoms with Crippen LogP contribution in [0.25, 0.3) is 0 Å². The standard InChI is InChI=1S/C19H28/c1-5-8-10-17(7-3)13-14-19-15-18(9-6-2)12-11-16(19)4/h7-8,10-12,15H,5-6,9,13-14H2,1-4H3/b10-8-,17-7+. The van der Waals surface area contributed by atoms with Crippen molar-refractivity contribution in [3.63, 3.8) is 0 Å². The second-order valence-corrected chi connectivity index (χ2v) is 5.19. The van der Waals surface area contributed by atoms with Crippen LogP contribution in [0.5, 0.6) is 0 Å². The Balaban J connectivity index is 2.70. The molecule has 1 aromatic carbocycles. The smallest absolute Gasteiger partial charge is 0.0236 e. The molecule has 0 saturated heterocycles. The number of allylic oxidation sites excluding steroid dienone is 4. The van der Waals surface area contributed by atoms with Crippen LogP contribution < -0.4 is 0 Å². The fraction of sp³-hybridized carbons (Fsp3) is 0.474. The molecule has 0 unspecified atom stereocenters. The molecule has 0 heterocycles. The summed E-state index contributed by atoms with van der Waals surface area (Å²) in [6.45, 7) is 8.78. The van der Waals surface area contributed by atoms with Crippen molar-refractivity contribution in [2.24, 2.45) is 0 Å². The van der Waals surface area contributed by atoms with E-state index >= 15 is 0 Å². The molecule has 104 valence electrons. The zero-order valence-corrected chi connectivity index (χ0v) is 13.0. The number of hydrogen-bond acceptors (Lipinski definition) is 0. The first-order valence-corrected chi connectivity index (χ1v) is 7.61. The van der Waals surface area contributed by atoms with Gasteiger partial charge < -0.3 is 0 Å². The number of benzene rings is 1. The maximum absolute atomic E-state index is 2.40. The van der Waals surface area contributed by atoms with E-state index in [4.69, 9.17) is 0 Å². The number of hydrogen-bond donors (Lipinski definition) is 0. The Morgan fingerprint density at radius 3 is 2.58 bits per heavy atom. The van der Waals surface area contributed by atoms with E-state index in [9.17, 15) is 0 Å². The van der Waals surface area contributed by atoms with Crippen molar-refractivity contribution in [2.45, 2.75) is 59.8 Å². The first-order valence-electron chi connectivity index (χ1n) is 7.61. The van der Waals surface area contributed by atoms with E-state index < -0.39 is 0 Å². The van der Waals surface area contributed by atoms with Crippen LogP contribution in [-0.4, -0.2) is 0 Å². The van der Waals surface area contributed by atoms with E-state index in [1.165, 1.54) is 35.1 Å². The maximum Gasteiger partial charge on any atom is -0.0236 e. The topological polar surface area (TPSA) is 0 Å². The van der Waals surface area contributed by atoms with Crippen molar-refractivity contribution in [1.29, 1.82) is 0 Å². The molecular weight excluding hydrogens is 228 g/mol. The molecule has 0 atom stereocenters. The lowest BCUT2D eigenvalue weighted by atomic mass is 9.97. The van der Waals surface area contributed by atoms with Gasteiger partial charge in [-0.2, -0.15) is 0 Å². The molecule has 0 aliphatic carbocycles. The molecule has 0 fully saturated rings. The minimum atomic E-state index is 1.11. The second-order valence-electron chi connectivity index (χ2n) is 5.19. The molecule has 19 heavy (non-hydrogen) atoms. The third kappa shape index (κ3) is 5.46. The molecule has 0 aliphatic rings. The van der Waals surface area contributed by atoms with E-state index in [1.807, 2.05) is 0 Å². The maximum atomic E-state index is 2.40. The SMILES string of the molecule is C/C=C(\C=C/CC)CCc1cc(CCC)ccc1C. The summed E-state index contributed by atoms with van der Waals surface area (Å²) in [6.07, 6.45) is 12.6. The largest absolute Gasteiger partial charge is 0.0845 e. The highest BCUT2D eigenvalue weighted by Crippen LogP contribution is 2.17. The van der Waals surface area contributed by atoms with Crippen LogP contribution in [0.15, 0.2) is 42.0 Å². The van der Waals surface area contributed by atoms with Crippen LogP contribution in [0.2, 0.25) is 0 Å². The predicted molar refractivity (Wildman–Crippen MR) is 86.7 cm³/mol. The molecule has 0 spiro atoms. The van der Waals surface area contributed by atoms with Gasteiger partial charge in [0.05, 0.1) is 0 Å². The van der Waals surface area contributed by atoms with Gasteiger partial charge >= 0.3 is 0 Å². The molecule has 0 saturated carbocycles. The van der Waals surface area contributed by atoms with Gasteiger partial charge in [0.15, 0.2) is 0 Å². The van der Waals surface area contributed by atoms with Gasteiger partial charge in [-0.15, -0.1) is 0 Å². The first kappa shape index (κ1) is 15.8. The summed E-state index contributed by atoms with van der Waals surface area (Å²) in [7, 11) is 0. The average Bonchev–Trinajstić information content (AvgIpc) is 2.42. The molecule has 1 aromatic rings. The minimum Gasteiger partial charge on any atom is -0.0845 e. The van der Waals surface area contributed by atoms with Crippen molar-refractivity contribution in [2.75, 3.05) is 0 Å². The minimum absolute atomic E-state index is 1.11. The Morgan fingerprint density at radius 2 is 1.95 bits per heavy atom. The van der Waals surface area contributed by atoms with Crippen LogP contribution in [0, 0.1) is 6.92 Å². The van der Waals surface area contributed by atoms with Crippen LogP contribution in [0.3, 0.4) is 0 Å². The molecular formula is C19H28. The summed E-state index contributed by atoms with van der Waals surface area (Å²) in [4.78, 5) is 0. The fourth-order valence-corrected chi connectivity index (χ4v) is 2.31. The summed E-state index contributed by atoms with van der Waals surface area (Å²) in [6, 6.07) is 6.95. The van der Waals surface area contributed by atoms with Crippen molar-refractivity contribution in [3.8, 4) is 0 Å². The van der Waals surface area contributed by atoms with Crippen LogP contribution in [0.1, 0.15) is 56.7 Å². The lowest BCUT2D eigenvalue weighted by Gasteiger charge is -2.09. The van der Waals surface area contributed by atoms with Gasteiger partial charge in [0.25, 0.3) is 0 Å². The lowest BCUT2D eigenvalue weighted by Crippen LogP contribution is -1.94. The average molecular weight is 256 g/mol. The van der Waals surface area contributed by atoms with Gasteiger partial charge in [-0.05, 0) is 56.2 Å². The normalized spacial score (nSPS) is 12.3. The van der Waals surface area contributed by atoms with E-state index in [-0.39, 0.29) is 0 Å². The fourth-order valence-electron chi connectivity index (χ4n) is 2.31. The summed E-state index contributed by atoms with van der Waals surface area (Å²) >= 11 is 0. The summed E-state index contributed by atoms with van der Waals surface area (Å²) in [5.41, 5.74) is 5.86. The summed E-state index contributed by atoms with van der Waals surface area (Å²) in [5, 5.41) is 0. The molecule has 0 radical (unpaired) electrons. The summed E-state index contributed by atoms with van der Waals surface area (Å²) < 4.78 is 0. The van der Waals surface area contributed by atoms with E-state index in [1.54, 1.807) is 0 Å². The highest BCUT2D eigenvalue weighted by molar-refractivity contribution is 5.32. The highest BCUT2D eigenvalue weighted by atomic mass is 14.1. The third-order valence-corrected chi connectivity index (χ3v) is 3.57. The van der Waals surface area contributed by atoms with Crippen LogP contribution in [0.4, 0.5) is 0 Å². The lowest BCUT2D eigenvalue weighted by molar-refractivity contribution is 0.902. The molecule has 1 rings (SSSR count). The van der Waals surface area contributed by atoms with Crippen molar-refractivity contribution in [1.82, 2.24) is 0 Å². The molecule has 0 bridgehead atoms. The number of aryl methyl sites for hydroxylation is 3. The monoisotopic (exact) mass is 256 g/mol. The Morgan fingerprint density at radius 1 is 1.16 bits per heavy atom. The molecule has 0 nitrogen and oxygen atoms in total. The zero-order valence-electron chi connectivity index (χ0n) is 13.0. The van der Waals surface area contributed by atoms with E-state index in [0.717, 1.165) is 19.3 Å². The van der Waals surface area contributed by atoms with E-state index in [0.29, 0.717) is 0 Å². The molecule has 0 heteroatoms. The molecule has 0 aromatic heterocycles. The Labute approximate surface area is 119 Å². The quantitative estimate of drug-likeness (QED) is 0.541. The van der Waals surface area contributed by atoms with E-state index in [2.05, 4.69) is 64.1 Å². The molecule has 0 amide bonds. The van der Waals surface area contributed by atoms with Gasteiger partial charge in [-0.1, -0.05) is 62.3 Å². The van der Waals surface area contributed by atoms with Crippen LogP contribution >= 0.6 is 0 Å². The third-order valence-electron chi connectivity index (χ3n) is 3.57. The highest BCUT2D eigenvalue weighted by Gasteiger charge is 2.01. The summed E-state index contributed by atoms with van der Waals surface area (Å²) in [5.74, 6) is 0. The van der Waals surface area contributed by atoms with Gasteiger partial charge in [-0.25, -0.2) is 0 Å². The Kier molecular flexibility index (Phi) is 7.25. The number of rotatable bonds is 7. The first-order chi connectivity index (χ1) is 9.21. The van der Waals surface area contributed by atoms with Crippen LogP contribution in [-0.2, 0) is 12.8 Å². The van der Waals surface area contributed by atoms with Gasteiger partial charge in [0, 0.05) is 0 Å². The van der Waals surface area contributed by atoms with Gasteiger partial charge in [0.2, 0.25) is 0 Å². The Hall–Kier alpha value is -1.30. The molecule has 0 aliphatic heterocycles. The van der Waals surface area contributed by atoms with Gasteiger partial charge in [0.1, 0.15) is 0 Å². The zero-order chi connectivity index (χ0) is 14.1. The predicted octanol–water partition coefficient (Wildman–Crippen LogP) is 5.79. The van der Waals surface area contributed by atoms with Crippen molar-refractivity contribution in [3.05, 3.63) is 58.7 Å². The van der Waals surface area contributed by atoms with Crippen molar-refractivity contribution < 1.29 is 0 Å². The molecule has 0 N–H and O–H groups in total. The van der Waals surface area contributed by atoms with Gasteiger partial charge in [-0.3, -0.25) is 0 Å². The second kappa shape index (κ2) is 8.74.